The lowest BCUT2D eigenvalue weighted by atomic mass is 10.1. The van der Waals surface area contributed by atoms with Crippen LogP contribution in [0.5, 0.6) is 0 Å². The fourth-order valence-electron chi connectivity index (χ4n) is 1.51. The molecule has 2 aromatic rings. The Morgan fingerprint density at radius 2 is 1.89 bits per heavy atom. The van der Waals surface area contributed by atoms with Gasteiger partial charge in [0.1, 0.15) is 5.82 Å². The number of hydrogen-bond acceptors (Lipinski definition) is 2. The van der Waals surface area contributed by atoms with Crippen molar-refractivity contribution in [1.29, 1.82) is 0 Å². The van der Waals surface area contributed by atoms with Crippen LogP contribution in [0.15, 0.2) is 41.5 Å². The standard InChI is InChI=1S/C15H19N3/c1-11(2)12(3)16-9-14-10-17-15(18-14)13-7-5-4-6-8-13/h4-12H,1-3H3,(H,17,18)/t12-/m1/s1. The highest BCUT2D eigenvalue weighted by Gasteiger charge is 2.04. The molecule has 0 spiro atoms. The third-order valence-electron chi connectivity index (χ3n) is 3.06. The van der Waals surface area contributed by atoms with Crippen LogP contribution in [0, 0.1) is 5.92 Å². The van der Waals surface area contributed by atoms with Crippen molar-refractivity contribution in [3.05, 3.63) is 42.2 Å². The highest BCUT2D eigenvalue weighted by atomic mass is 14.9. The molecule has 0 aliphatic carbocycles. The van der Waals surface area contributed by atoms with Crippen molar-refractivity contribution >= 4 is 6.21 Å². The summed E-state index contributed by atoms with van der Waals surface area (Å²) in [6, 6.07) is 10.4. The van der Waals surface area contributed by atoms with E-state index in [0.29, 0.717) is 12.0 Å². The number of nitrogens with zero attached hydrogens (tertiary/aromatic N) is 2. The summed E-state index contributed by atoms with van der Waals surface area (Å²) < 4.78 is 0. The van der Waals surface area contributed by atoms with Crippen molar-refractivity contribution in [3.8, 4) is 11.4 Å². The topological polar surface area (TPSA) is 41.0 Å². The lowest BCUT2D eigenvalue weighted by Crippen LogP contribution is -2.07. The Hall–Kier alpha value is -1.90. The number of aromatic nitrogens is 2. The van der Waals surface area contributed by atoms with Crippen molar-refractivity contribution in [2.24, 2.45) is 10.9 Å². The van der Waals surface area contributed by atoms with Crippen LogP contribution in [0.3, 0.4) is 0 Å². The number of H-pyrrole nitrogens is 1. The molecule has 1 N–H and O–H groups in total. The number of hydrogen-bond donors (Lipinski definition) is 1. The molecule has 1 aromatic carbocycles. The first-order valence-electron chi connectivity index (χ1n) is 6.30. The van der Waals surface area contributed by atoms with Gasteiger partial charge in [0.2, 0.25) is 0 Å². The summed E-state index contributed by atoms with van der Waals surface area (Å²) in [6.45, 7) is 6.46. The second-order valence-electron chi connectivity index (χ2n) is 4.82. The van der Waals surface area contributed by atoms with Gasteiger partial charge < -0.3 is 4.98 Å². The van der Waals surface area contributed by atoms with Crippen LogP contribution in [-0.4, -0.2) is 22.2 Å². The monoisotopic (exact) mass is 241 g/mol. The number of benzene rings is 1. The van der Waals surface area contributed by atoms with E-state index in [1.807, 2.05) is 42.7 Å². The van der Waals surface area contributed by atoms with E-state index in [4.69, 9.17) is 0 Å². The number of aromatic amines is 1. The van der Waals surface area contributed by atoms with Crippen molar-refractivity contribution in [2.45, 2.75) is 26.8 Å². The molecule has 0 bridgehead atoms. The van der Waals surface area contributed by atoms with Crippen LogP contribution in [0.1, 0.15) is 26.5 Å². The molecule has 1 atom stereocenters. The number of imidazole rings is 1. The van der Waals surface area contributed by atoms with Gasteiger partial charge in [-0.25, -0.2) is 4.98 Å². The van der Waals surface area contributed by atoms with Gasteiger partial charge in [0.15, 0.2) is 0 Å². The minimum absolute atomic E-state index is 0.327. The Bertz CT molecular complexity index is 512. The van der Waals surface area contributed by atoms with Gasteiger partial charge in [-0.1, -0.05) is 44.2 Å². The predicted molar refractivity (Wildman–Crippen MR) is 75.9 cm³/mol. The SMILES string of the molecule is CC(C)[C@@H](C)N=Cc1cnc(-c2ccccc2)[nH]1. The number of nitrogens with one attached hydrogen (secondary N) is 1. The molecule has 0 saturated carbocycles. The molecule has 0 amide bonds. The molecule has 3 nitrogen and oxygen atoms in total. The average Bonchev–Trinajstić information content (AvgIpc) is 2.85. The van der Waals surface area contributed by atoms with Crippen molar-refractivity contribution in [1.82, 2.24) is 9.97 Å². The van der Waals surface area contributed by atoms with Crippen LogP contribution >= 0.6 is 0 Å². The average molecular weight is 241 g/mol. The van der Waals surface area contributed by atoms with E-state index in [0.717, 1.165) is 17.1 Å². The summed E-state index contributed by atoms with van der Waals surface area (Å²) >= 11 is 0. The van der Waals surface area contributed by atoms with Gasteiger partial charge in [0.05, 0.1) is 11.9 Å². The zero-order valence-corrected chi connectivity index (χ0v) is 11.1. The van der Waals surface area contributed by atoms with Crippen molar-refractivity contribution in [3.63, 3.8) is 0 Å². The highest BCUT2D eigenvalue weighted by molar-refractivity contribution is 5.78. The molecule has 0 aliphatic rings. The van der Waals surface area contributed by atoms with Crippen LogP contribution in [0.25, 0.3) is 11.4 Å². The maximum Gasteiger partial charge on any atom is 0.137 e. The maximum atomic E-state index is 4.50. The smallest absolute Gasteiger partial charge is 0.137 e. The van der Waals surface area contributed by atoms with Crippen LogP contribution in [0.2, 0.25) is 0 Å². The summed E-state index contributed by atoms with van der Waals surface area (Å²) in [5, 5.41) is 0. The van der Waals surface area contributed by atoms with E-state index in [2.05, 4.69) is 35.7 Å². The third-order valence-corrected chi connectivity index (χ3v) is 3.06. The summed E-state index contributed by atoms with van der Waals surface area (Å²) in [6.07, 6.45) is 3.68. The predicted octanol–water partition coefficient (Wildman–Crippen LogP) is 3.54. The molecule has 0 aliphatic heterocycles. The lowest BCUT2D eigenvalue weighted by molar-refractivity contribution is 0.533. The quantitative estimate of drug-likeness (QED) is 0.817. The summed E-state index contributed by atoms with van der Waals surface area (Å²) in [4.78, 5) is 12.1. The normalized spacial score (nSPS) is 13.3. The van der Waals surface area contributed by atoms with Gasteiger partial charge in [0, 0.05) is 17.8 Å². The molecule has 0 saturated heterocycles. The Balaban J connectivity index is 2.12. The Labute approximate surface area is 108 Å². The van der Waals surface area contributed by atoms with E-state index >= 15 is 0 Å². The third kappa shape index (κ3) is 3.06. The van der Waals surface area contributed by atoms with E-state index in [9.17, 15) is 0 Å². The first kappa shape index (κ1) is 12.6. The maximum absolute atomic E-state index is 4.50. The minimum Gasteiger partial charge on any atom is -0.337 e. The molecule has 1 aromatic heterocycles. The Morgan fingerprint density at radius 1 is 1.17 bits per heavy atom. The van der Waals surface area contributed by atoms with Crippen LogP contribution in [-0.2, 0) is 0 Å². The summed E-state index contributed by atoms with van der Waals surface area (Å²) in [7, 11) is 0. The first-order chi connectivity index (χ1) is 8.66. The molecule has 3 heteroatoms. The van der Waals surface area contributed by atoms with Crippen LogP contribution < -0.4 is 0 Å². The Kier molecular flexibility index (Phi) is 3.92. The molecule has 18 heavy (non-hydrogen) atoms. The number of aliphatic imine (C=N–C) groups is 1. The van der Waals surface area contributed by atoms with Gasteiger partial charge in [-0.05, 0) is 12.8 Å². The zero-order valence-electron chi connectivity index (χ0n) is 11.1. The molecular weight excluding hydrogens is 222 g/mol. The number of rotatable bonds is 4. The molecular formula is C15H19N3. The minimum atomic E-state index is 0.327. The van der Waals surface area contributed by atoms with Gasteiger partial charge in [0.25, 0.3) is 0 Å². The lowest BCUT2D eigenvalue weighted by Gasteiger charge is -2.08. The summed E-state index contributed by atoms with van der Waals surface area (Å²) in [5.74, 6) is 1.44. The molecule has 1 heterocycles. The van der Waals surface area contributed by atoms with Gasteiger partial charge in [-0.3, -0.25) is 4.99 Å². The Morgan fingerprint density at radius 3 is 2.56 bits per heavy atom. The second-order valence-corrected chi connectivity index (χ2v) is 4.82. The molecule has 2 rings (SSSR count). The highest BCUT2D eigenvalue weighted by Crippen LogP contribution is 2.14. The molecule has 0 unspecified atom stereocenters. The summed E-state index contributed by atoms with van der Waals surface area (Å²) in [5.41, 5.74) is 2.04. The van der Waals surface area contributed by atoms with E-state index < -0.39 is 0 Å². The largest absolute Gasteiger partial charge is 0.337 e. The molecule has 94 valence electrons. The first-order valence-corrected chi connectivity index (χ1v) is 6.30. The van der Waals surface area contributed by atoms with Gasteiger partial charge >= 0.3 is 0 Å². The van der Waals surface area contributed by atoms with E-state index in [1.54, 1.807) is 0 Å². The second kappa shape index (κ2) is 5.63. The zero-order chi connectivity index (χ0) is 13.0. The van der Waals surface area contributed by atoms with E-state index in [-0.39, 0.29) is 0 Å². The van der Waals surface area contributed by atoms with Gasteiger partial charge in [-0.2, -0.15) is 0 Å². The van der Waals surface area contributed by atoms with Gasteiger partial charge in [-0.15, -0.1) is 0 Å². The van der Waals surface area contributed by atoms with Crippen molar-refractivity contribution < 1.29 is 0 Å². The van der Waals surface area contributed by atoms with E-state index in [1.165, 1.54) is 0 Å². The fourth-order valence-corrected chi connectivity index (χ4v) is 1.51. The molecule has 0 fully saturated rings. The van der Waals surface area contributed by atoms with Crippen molar-refractivity contribution in [2.75, 3.05) is 0 Å². The van der Waals surface area contributed by atoms with Crippen LogP contribution in [0.4, 0.5) is 0 Å². The molecule has 0 radical (unpaired) electrons. The fraction of sp³-hybridized carbons (Fsp3) is 0.333.